The first kappa shape index (κ1) is 18.2. The van der Waals surface area contributed by atoms with Crippen LogP contribution in [0.25, 0.3) is 0 Å². The Morgan fingerprint density at radius 3 is 2.60 bits per heavy atom. The second kappa shape index (κ2) is 7.72. The van der Waals surface area contributed by atoms with Gasteiger partial charge in [0.05, 0.1) is 11.4 Å². The van der Waals surface area contributed by atoms with E-state index >= 15 is 0 Å². The van der Waals surface area contributed by atoms with Gasteiger partial charge in [-0.1, -0.05) is 18.2 Å². The van der Waals surface area contributed by atoms with Gasteiger partial charge in [-0.2, -0.15) is 4.31 Å². The Hall–Kier alpha value is -1.64. The predicted octanol–water partition coefficient (Wildman–Crippen LogP) is 4.36. The fraction of sp³-hybridized carbons (Fsp3) is 0.333. The molecule has 0 fully saturated rings. The van der Waals surface area contributed by atoms with Crippen molar-refractivity contribution < 1.29 is 13.5 Å². The molecule has 2 aromatic carbocycles. The summed E-state index contributed by atoms with van der Waals surface area (Å²) < 4.78 is 38.9. The first-order valence-corrected chi connectivity index (χ1v) is 9.82. The van der Waals surface area contributed by atoms with E-state index in [1.54, 1.807) is 10.4 Å². The molecule has 2 aromatic rings. The van der Waals surface area contributed by atoms with E-state index in [2.05, 4.69) is 5.32 Å². The minimum Gasteiger partial charge on any atom is -0.320 e. The summed E-state index contributed by atoms with van der Waals surface area (Å²) in [5.74, 6) is -0.319. The van der Waals surface area contributed by atoms with Crippen molar-refractivity contribution in [2.24, 2.45) is 0 Å². The number of nitrogens with zero attached hydrogens (tertiary/aromatic N) is 2. The van der Waals surface area contributed by atoms with Crippen LogP contribution in [0.2, 0.25) is 0 Å². The molecule has 0 saturated carbocycles. The number of hydrogen-bond donors (Lipinski definition) is 3. The van der Waals surface area contributed by atoms with Crippen molar-refractivity contribution in [3.63, 3.8) is 0 Å². The van der Waals surface area contributed by atoms with Gasteiger partial charge in [0.25, 0.3) is 0 Å². The molecule has 3 rings (SSSR count). The van der Waals surface area contributed by atoms with E-state index in [4.69, 9.17) is 0 Å². The number of hydrogen-bond acceptors (Lipinski definition) is 5. The third-order valence-corrected chi connectivity index (χ3v) is 6.18. The molecule has 0 unspecified atom stereocenters. The maximum atomic E-state index is 13.7. The van der Waals surface area contributed by atoms with Crippen LogP contribution in [-0.2, 0) is 6.54 Å². The zero-order valence-corrected chi connectivity index (χ0v) is 15.0. The van der Waals surface area contributed by atoms with Crippen molar-refractivity contribution in [2.45, 2.75) is 19.4 Å². The third-order valence-electron chi connectivity index (χ3n) is 4.27. The molecule has 1 aliphatic rings. The number of para-hydroxylation sites is 1. The van der Waals surface area contributed by atoms with E-state index < -0.39 is 11.0 Å². The zero-order chi connectivity index (χ0) is 17.9. The van der Waals surface area contributed by atoms with Gasteiger partial charge >= 0.3 is 0 Å². The van der Waals surface area contributed by atoms with Gasteiger partial charge in [0.15, 0.2) is 0 Å². The Morgan fingerprint density at radius 2 is 1.88 bits per heavy atom. The molecule has 1 aliphatic heterocycles. The van der Waals surface area contributed by atoms with Crippen LogP contribution in [0.1, 0.15) is 18.4 Å². The molecule has 0 aliphatic carbocycles. The van der Waals surface area contributed by atoms with Gasteiger partial charge in [0.1, 0.15) is 5.82 Å². The lowest BCUT2D eigenvalue weighted by Crippen LogP contribution is -2.42. The first-order valence-electron chi connectivity index (χ1n) is 8.35. The molecular formula is C18H24FN3O2S. The highest BCUT2D eigenvalue weighted by Gasteiger charge is 2.37. The highest BCUT2D eigenvalue weighted by atomic mass is 32.3. The fourth-order valence-electron chi connectivity index (χ4n) is 3.04. The lowest BCUT2D eigenvalue weighted by molar-refractivity contribution is 0.329. The number of nitrogens with one attached hydrogen (secondary N) is 1. The van der Waals surface area contributed by atoms with E-state index in [0.717, 1.165) is 24.9 Å². The molecule has 5 nitrogen and oxygen atoms in total. The average Bonchev–Trinajstić information content (AvgIpc) is 2.59. The van der Waals surface area contributed by atoms with Crippen LogP contribution in [-0.4, -0.2) is 33.5 Å². The minimum atomic E-state index is -3.21. The zero-order valence-electron chi connectivity index (χ0n) is 14.2. The van der Waals surface area contributed by atoms with Crippen LogP contribution in [0, 0.1) is 5.82 Å². The number of benzene rings is 2. The van der Waals surface area contributed by atoms with Crippen molar-refractivity contribution >= 4 is 22.3 Å². The Kier molecular flexibility index (Phi) is 5.61. The van der Waals surface area contributed by atoms with E-state index in [0.29, 0.717) is 24.5 Å². The predicted molar refractivity (Wildman–Crippen MR) is 101 cm³/mol. The molecule has 0 saturated heterocycles. The maximum absolute atomic E-state index is 13.7. The Labute approximate surface area is 149 Å². The molecule has 0 aromatic heterocycles. The molecule has 1 heterocycles. The van der Waals surface area contributed by atoms with Crippen LogP contribution in [0.4, 0.5) is 15.8 Å². The molecule has 0 amide bonds. The van der Waals surface area contributed by atoms with Gasteiger partial charge in [-0.15, -0.1) is 0 Å². The number of rotatable bonds is 6. The second-order valence-corrected chi connectivity index (χ2v) is 7.93. The van der Waals surface area contributed by atoms with Gasteiger partial charge in [-0.25, -0.2) is 8.70 Å². The highest BCUT2D eigenvalue weighted by molar-refractivity contribution is 8.23. The van der Waals surface area contributed by atoms with E-state index in [-0.39, 0.29) is 5.82 Å². The van der Waals surface area contributed by atoms with E-state index in [9.17, 15) is 13.5 Å². The van der Waals surface area contributed by atoms with Crippen molar-refractivity contribution in [1.82, 2.24) is 9.62 Å². The molecular weight excluding hydrogens is 341 g/mol. The van der Waals surface area contributed by atoms with Crippen LogP contribution in [0.3, 0.4) is 0 Å². The number of anilines is 2. The van der Waals surface area contributed by atoms with Crippen molar-refractivity contribution in [3.05, 3.63) is 59.9 Å². The average molecular weight is 365 g/mol. The topological polar surface area (TPSA) is 59.0 Å². The molecule has 25 heavy (non-hydrogen) atoms. The van der Waals surface area contributed by atoms with Gasteiger partial charge in [0, 0.05) is 13.1 Å². The summed E-state index contributed by atoms with van der Waals surface area (Å²) in [6.07, 6.45) is 1.76. The molecule has 136 valence electrons. The standard InChI is InChI=1S/C18H24FN3O2S/c1-20-11-5-6-12-21-14-15-13-16(19)9-10-18(15)22(25(21,23)24)17-7-3-2-4-8-17/h2-4,7-10,13,20,23-24H,5-6,11-12,14H2,1H3. The van der Waals surface area contributed by atoms with Gasteiger partial charge in [-0.05, 0) is 73.3 Å². The Balaban J connectivity index is 1.96. The number of fused-ring (bicyclic) bond motifs is 1. The number of unbranched alkanes of at least 4 members (excludes halogenated alkanes) is 1. The van der Waals surface area contributed by atoms with Crippen LogP contribution in [0.5, 0.6) is 0 Å². The highest BCUT2D eigenvalue weighted by Crippen LogP contribution is 2.58. The summed E-state index contributed by atoms with van der Waals surface area (Å²) in [7, 11) is -1.31. The molecule has 3 N–H and O–H groups in total. The summed E-state index contributed by atoms with van der Waals surface area (Å²) in [6.45, 7) is 1.72. The summed E-state index contributed by atoms with van der Waals surface area (Å²) >= 11 is 0. The van der Waals surface area contributed by atoms with E-state index in [1.807, 2.05) is 37.4 Å². The summed E-state index contributed by atoms with van der Waals surface area (Å²) in [5, 5.41) is 3.09. The minimum absolute atomic E-state index is 0.318. The quantitative estimate of drug-likeness (QED) is 0.664. The van der Waals surface area contributed by atoms with Crippen molar-refractivity contribution in [3.8, 4) is 0 Å². The Morgan fingerprint density at radius 1 is 1.12 bits per heavy atom. The van der Waals surface area contributed by atoms with Crippen LogP contribution < -0.4 is 9.62 Å². The largest absolute Gasteiger partial charge is 0.320 e. The van der Waals surface area contributed by atoms with Crippen LogP contribution in [0.15, 0.2) is 48.5 Å². The SMILES string of the molecule is CNCCCCN1Cc2cc(F)ccc2N(c2ccccc2)S1(O)O. The number of halogens is 1. The van der Waals surface area contributed by atoms with Gasteiger partial charge in [-0.3, -0.25) is 9.11 Å². The lowest BCUT2D eigenvalue weighted by atomic mass is 10.1. The smallest absolute Gasteiger partial charge is 0.123 e. The van der Waals surface area contributed by atoms with Crippen LogP contribution >= 0.6 is 11.0 Å². The molecule has 7 heteroatoms. The molecule has 0 atom stereocenters. The normalized spacial score (nSPS) is 18.0. The second-order valence-electron chi connectivity index (χ2n) is 6.07. The van der Waals surface area contributed by atoms with E-state index in [1.165, 1.54) is 16.4 Å². The van der Waals surface area contributed by atoms with Gasteiger partial charge in [0.2, 0.25) is 0 Å². The molecule has 0 radical (unpaired) electrons. The Bertz CT molecular complexity index is 715. The third kappa shape index (κ3) is 3.80. The lowest BCUT2D eigenvalue weighted by Gasteiger charge is -2.54. The monoisotopic (exact) mass is 365 g/mol. The molecule has 0 spiro atoms. The van der Waals surface area contributed by atoms with Crippen molar-refractivity contribution in [2.75, 3.05) is 24.4 Å². The summed E-state index contributed by atoms with van der Waals surface area (Å²) in [4.78, 5) is 0. The fourth-order valence-corrected chi connectivity index (χ4v) is 4.80. The summed E-state index contributed by atoms with van der Waals surface area (Å²) in [5.41, 5.74) is 2.07. The summed E-state index contributed by atoms with van der Waals surface area (Å²) in [6, 6.07) is 13.7. The maximum Gasteiger partial charge on any atom is 0.123 e. The first-order chi connectivity index (χ1) is 12.0. The van der Waals surface area contributed by atoms with Crippen molar-refractivity contribution in [1.29, 1.82) is 0 Å². The van der Waals surface area contributed by atoms with Gasteiger partial charge < -0.3 is 5.32 Å². The molecule has 0 bridgehead atoms.